The molecule has 0 radical (unpaired) electrons. The molecule has 0 spiro atoms. The molecule has 0 aliphatic heterocycles. The second-order valence-corrected chi connectivity index (χ2v) is 5.35. The number of rotatable bonds is 7. The summed E-state index contributed by atoms with van der Waals surface area (Å²) in [5.74, 6) is 0.930. The van der Waals surface area contributed by atoms with Crippen LogP contribution < -0.4 is 0 Å². The lowest BCUT2D eigenvalue weighted by molar-refractivity contribution is -0.0303. The zero-order chi connectivity index (χ0) is 12.7. The Morgan fingerprint density at radius 1 is 1.29 bits per heavy atom. The first kappa shape index (κ1) is 14.5. The fourth-order valence-corrected chi connectivity index (χ4v) is 3.17. The Kier molecular flexibility index (Phi) is 5.97. The molecule has 1 aliphatic carbocycles. The van der Waals surface area contributed by atoms with Crippen molar-refractivity contribution in [3.05, 3.63) is 25.3 Å². The van der Waals surface area contributed by atoms with Crippen LogP contribution in [0.3, 0.4) is 0 Å². The molecule has 1 aliphatic rings. The van der Waals surface area contributed by atoms with Crippen molar-refractivity contribution in [3.63, 3.8) is 0 Å². The van der Waals surface area contributed by atoms with Gasteiger partial charge in [0.1, 0.15) is 0 Å². The van der Waals surface area contributed by atoms with Gasteiger partial charge in [0, 0.05) is 0 Å². The zero-order valence-corrected chi connectivity index (χ0v) is 11.6. The molecule has 0 aromatic carbocycles. The van der Waals surface area contributed by atoms with Crippen LogP contribution in [0.5, 0.6) is 0 Å². The fraction of sp³-hybridized carbons (Fsp3) is 0.750. The van der Waals surface area contributed by atoms with Crippen molar-refractivity contribution in [3.8, 4) is 0 Å². The van der Waals surface area contributed by atoms with Crippen molar-refractivity contribution in [1.82, 2.24) is 0 Å². The van der Waals surface area contributed by atoms with Crippen LogP contribution in [0.15, 0.2) is 25.3 Å². The van der Waals surface area contributed by atoms with Gasteiger partial charge < -0.3 is 4.74 Å². The number of ether oxygens (including phenoxy) is 1. The van der Waals surface area contributed by atoms with Crippen LogP contribution >= 0.6 is 0 Å². The maximum absolute atomic E-state index is 5.91. The average Bonchev–Trinajstić information content (AvgIpc) is 2.40. The van der Waals surface area contributed by atoms with Crippen LogP contribution in [-0.4, -0.2) is 12.7 Å². The molecule has 0 amide bonds. The maximum atomic E-state index is 5.91. The van der Waals surface area contributed by atoms with E-state index in [1.54, 1.807) is 0 Å². The van der Waals surface area contributed by atoms with Crippen LogP contribution in [0.25, 0.3) is 0 Å². The molecule has 1 rings (SSSR count). The Bertz CT molecular complexity index is 236. The van der Waals surface area contributed by atoms with Gasteiger partial charge in [-0.1, -0.05) is 32.4 Å². The van der Waals surface area contributed by atoms with E-state index in [1.165, 1.54) is 38.5 Å². The molecule has 0 aromatic heterocycles. The lowest BCUT2D eigenvalue weighted by Crippen LogP contribution is -2.39. The van der Waals surface area contributed by atoms with Crippen molar-refractivity contribution in [2.45, 2.75) is 58.5 Å². The highest BCUT2D eigenvalue weighted by Gasteiger charge is 2.39. The maximum Gasteiger partial charge on any atom is 0.0813 e. The average molecular weight is 236 g/mol. The van der Waals surface area contributed by atoms with Gasteiger partial charge in [0.15, 0.2) is 0 Å². The summed E-state index contributed by atoms with van der Waals surface area (Å²) in [6, 6.07) is 0. The lowest BCUT2D eigenvalue weighted by atomic mass is 9.65. The zero-order valence-electron chi connectivity index (χ0n) is 11.6. The smallest absolute Gasteiger partial charge is 0.0813 e. The Hall–Kier alpha value is -0.560. The van der Waals surface area contributed by atoms with Gasteiger partial charge >= 0.3 is 0 Å². The van der Waals surface area contributed by atoms with Gasteiger partial charge in [-0.25, -0.2) is 0 Å². The van der Waals surface area contributed by atoms with E-state index in [9.17, 15) is 0 Å². The molecule has 1 atom stereocenters. The topological polar surface area (TPSA) is 9.23 Å². The van der Waals surface area contributed by atoms with E-state index in [0.717, 1.165) is 5.92 Å². The van der Waals surface area contributed by atoms with E-state index in [4.69, 9.17) is 4.74 Å². The molecular weight excluding hydrogens is 208 g/mol. The van der Waals surface area contributed by atoms with E-state index < -0.39 is 0 Å². The molecule has 0 saturated heterocycles. The summed E-state index contributed by atoms with van der Waals surface area (Å²) >= 11 is 0. The molecule has 0 heterocycles. The molecule has 1 nitrogen and oxygen atoms in total. The van der Waals surface area contributed by atoms with Crippen LogP contribution in [0.4, 0.5) is 0 Å². The van der Waals surface area contributed by atoms with Crippen LogP contribution in [-0.2, 0) is 4.74 Å². The standard InChI is InChI=1S/C16H28O/c1-5-13-17-15(7-3)16(8-4)11-9-14(6-2)10-12-16/h5,7,14-15H,1,3,6,8-13H2,2,4H3. The van der Waals surface area contributed by atoms with Gasteiger partial charge in [0.2, 0.25) is 0 Å². The normalized spacial score (nSPS) is 30.8. The molecule has 0 N–H and O–H groups in total. The summed E-state index contributed by atoms with van der Waals surface area (Å²) < 4.78 is 5.91. The van der Waals surface area contributed by atoms with E-state index in [-0.39, 0.29) is 6.10 Å². The Morgan fingerprint density at radius 2 is 1.94 bits per heavy atom. The first-order chi connectivity index (χ1) is 8.22. The predicted molar refractivity (Wildman–Crippen MR) is 75.1 cm³/mol. The van der Waals surface area contributed by atoms with Crippen LogP contribution in [0.2, 0.25) is 0 Å². The molecular formula is C16H28O. The molecule has 1 saturated carbocycles. The fourth-order valence-electron chi connectivity index (χ4n) is 3.17. The quantitative estimate of drug-likeness (QED) is 0.580. The van der Waals surface area contributed by atoms with Gasteiger partial charge in [-0.2, -0.15) is 0 Å². The number of hydrogen-bond acceptors (Lipinski definition) is 1. The highest BCUT2D eigenvalue weighted by molar-refractivity contribution is 4.99. The molecule has 98 valence electrons. The molecule has 1 unspecified atom stereocenters. The van der Waals surface area contributed by atoms with Crippen molar-refractivity contribution in [2.24, 2.45) is 11.3 Å². The minimum atomic E-state index is 0.198. The van der Waals surface area contributed by atoms with Crippen molar-refractivity contribution < 1.29 is 4.74 Å². The highest BCUT2D eigenvalue weighted by Crippen LogP contribution is 2.46. The highest BCUT2D eigenvalue weighted by atomic mass is 16.5. The minimum Gasteiger partial charge on any atom is -0.370 e. The molecule has 1 fully saturated rings. The van der Waals surface area contributed by atoms with Gasteiger partial charge in [-0.15, -0.1) is 13.2 Å². The third-order valence-corrected chi connectivity index (χ3v) is 4.59. The summed E-state index contributed by atoms with van der Waals surface area (Å²) in [4.78, 5) is 0. The van der Waals surface area contributed by atoms with Gasteiger partial charge in [0.25, 0.3) is 0 Å². The van der Waals surface area contributed by atoms with Gasteiger partial charge in [-0.05, 0) is 43.4 Å². The molecule has 0 bridgehead atoms. The monoisotopic (exact) mass is 236 g/mol. The second kappa shape index (κ2) is 7.00. The molecule has 0 aromatic rings. The summed E-state index contributed by atoms with van der Waals surface area (Å²) in [6.45, 7) is 12.9. The van der Waals surface area contributed by atoms with E-state index in [1.807, 2.05) is 12.2 Å². The van der Waals surface area contributed by atoms with Gasteiger partial charge in [0.05, 0.1) is 12.7 Å². The SMILES string of the molecule is C=CCOC(C=C)C1(CC)CCC(CC)CC1. The van der Waals surface area contributed by atoms with Crippen LogP contribution in [0, 0.1) is 11.3 Å². The second-order valence-electron chi connectivity index (χ2n) is 5.35. The van der Waals surface area contributed by atoms with Crippen molar-refractivity contribution in [1.29, 1.82) is 0 Å². The lowest BCUT2D eigenvalue weighted by Gasteiger charge is -2.43. The Labute approximate surface area is 107 Å². The van der Waals surface area contributed by atoms with Crippen LogP contribution in [0.1, 0.15) is 52.4 Å². The Balaban J connectivity index is 2.66. The molecule has 1 heteroatoms. The summed E-state index contributed by atoms with van der Waals surface area (Å²) in [5.41, 5.74) is 0.330. The first-order valence-corrected chi connectivity index (χ1v) is 7.07. The van der Waals surface area contributed by atoms with Gasteiger partial charge in [-0.3, -0.25) is 0 Å². The van der Waals surface area contributed by atoms with E-state index >= 15 is 0 Å². The molecule has 17 heavy (non-hydrogen) atoms. The van der Waals surface area contributed by atoms with E-state index in [2.05, 4.69) is 27.0 Å². The summed E-state index contributed by atoms with van der Waals surface area (Å²) in [5, 5.41) is 0. The summed E-state index contributed by atoms with van der Waals surface area (Å²) in [7, 11) is 0. The largest absolute Gasteiger partial charge is 0.370 e. The Morgan fingerprint density at radius 3 is 2.35 bits per heavy atom. The minimum absolute atomic E-state index is 0.198. The predicted octanol–water partition coefficient (Wildman–Crippen LogP) is 4.74. The van der Waals surface area contributed by atoms with Crippen molar-refractivity contribution in [2.75, 3.05) is 6.61 Å². The van der Waals surface area contributed by atoms with Crippen molar-refractivity contribution >= 4 is 0 Å². The third-order valence-electron chi connectivity index (χ3n) is 4.59. The summed E-state index contributed by atoms with van der Waals surface area (Å²) in [6.07, 6.45) is 11.8. The van der Waals surface area contributed by atoms with E-state index in [0.29, 0.717) is 12.0 Å². The first-order valence-electron chi connectivity index (χ1n) is 7.07. The third kappa shape index (κ3) is 3.45. The number of hydrogen-bond donors (Lipinski definition) is 0.